The van der Waals surface area contributed by atoms with Crippen LogP contribution in [0.4, 0.5) is 13.2 Å². The number of amides is 1. The number of alkyl halides is 3. The molecule has 0 unspecified atom stereocenters. The fourth-order valence-electron chi connectivity index (χ4n) is 2.08. The molecule has 2 rings (SSSR count). The van der Waals surface area contributed by atoms with Gasteiger partial charge in [0.25, 0.3) is 5.56 Å². The summed E-state index contributed by atoms with van der Waals surface area (Å²) in [7, 11) is 0. The second-order valence-corrected chi connectivity index (χ2v) is 5.82. The van der Waals surface area contributed by atoms with Crippen molar-refractivity contribution < 1.29 is 18.0 Å². The number of benzene rings is 1. The molecule has 0 bridgehead atoms. The Morgan fingerprint density at radius 3 is 2.52 bits per heavy atom. The number of carbonyl (C=O) groups is 1. The van der Waals surface area contributed by atoms with Gasteiger partial charge < -0.3 is 4.98 Å². The normalized spacial score (nSPS) is 11.4. The molecule has 0 atom stereocenters. The van der Waals surface area contributed by atoms with E-state index in [0.29, 0.717) is 5.56 Å². The lowest BCUT2D eigenvalue weighted by molar-refractivity contribution is -0.142. The number of hydrogen-bond acceptors (Lipinski definition) is 4. The SMILES string of the molecule is NNC(=O)Cc1nc(C(F)(F)F)c(Cc2ccc(Cl)c(Cl)c2)c(=O)[nH]1. The minimum atomic E-state index is -4.88. The number of halogens is 5. The van der Waals surface area contributed by atoms with Crippen molar-refractivity contribution in [1.82, 2.24) is 15.4 Å². The van der Waals surface area contributed by atoms with E-state index in [1.165, 1.54) is 18.2 Å². The van der Waals surface area contributed by atoms with Crippen molar-refractivity contribution in [3.63, 3.8) is 0 Å². The Balaban J connectivity index is 2.50. The molecule has 134 valence electrons. The summed E-state index contributed by atoms with van der Waals surface area (Å²) in [4.78, 5) is 28.8. The number of nitrogens with zero attached hydrogens (tertiary/aromatic N) is 1. The van der Waals surface area contributed by atoms with E-state index in [4.69, 9.17) is 29.0 Å². The minimum Gasteiger partial charge on any atom is -0.310 e. The summed E-state index contributed by atoms with van der Waals surface area (Å²) in [6, 6.07) is 4.22. The Morgan fingerprint density at radius 2 is 1.96 bits per heavy atom. The average molecular weight is 395 g/mol. The van der Waals surface area contributed by atoms with Gasteiger partial charge >= 0.3 is 6.18 Å². The molecule has 0 saturated heterocycles. The van der Waals surface area contributed by atoms with E-state index in [0.717, 1.165) is 0 Å². The van der Waals surface area contributed by atoms with Crippen LogP contribution in [0.1, 0.15) is 22.6 Å². The van der Waals surface area contributed by atoms with Crippen molar-refractivity contribution in [2.75, 3.05) is 0 Å². The standard InChI is InChI=1S/C14H11Cl2F3N4O2/c15-8-2-1-6(4-9(8)16)3-7-12(14(17,18)19)21-10(22-13(7)25)5-11(24)23-20/h1-2,4H,3,5,20H2,(H,23,24)(H,21,22,25). The first-order valence-electron chi connectivity index (χ1n) is 6.74. The molecule has 1 amide bonds. The lowest BCUT2D eigenvalue weighted by atomic mass is 10.0. The molecular formula is C14H11Cl2F3N4O2. The molecule has 6 nitrogen and oxygen atoms in total. The number of nitrogens with one attached hydrogen (secondary N) is 2. The van der Waals surface area contributed by atoms with E-state index in [9.17, 15) is 22.8 Å². The minimum absolute atomic E-state index is 0.147. The van der Waals surface area contributed by atoms with Crippen molar-refractivity contribution in [3.8, 4) is 0 Å². The highest BCUT2D eigenvalue weighted by Gasteiger charge is 2.37. The van der Waals surface area contributed by atoms with Gasteiger partial charge in [-0.3, -0.25) is 15.0 Å². The van der Waals surface area contributed by atoms with Gasteiger partial charge in [0.15, 0.2) is 5.69 Å². The molecule has 1 heterocycles. The monoisotopic (exact) mass is 394 g/mol. The van der Waals surface area contributed by atoms with E-state index in [1.54, 1.807) is 5.43 Å². The largest absolute Gasteiger partial charge is 0.433 e. The van der Waals surface area contributed by atoms with Crippen LogP contribution in [0.25, 0.3) is 0 Å². The van der Waals surface area contributed by atoms with Crippen LogP contribution in [0, 0.1) is 0 Å². The highest BCUT2D eigenvalue weighted by Crippen LogP contribution is 2.31. The van der Waals surface area contributed by atoms with Crippen LogP contribution in [0.3, 0.4) is 0 Å². The second-order valence-electron chi connectivity index (χ2n) is 5.01. The highest BCUT2D eigenvalue weighted by molar-refractivity contribution is 6.42. The third kappa shape index (κ3) is 4.71. The predicted molar refractivity (Wildman–Crippen MR) is 85.2 cm³/mol. The number of hydrazine groups is 1. The van der Waals surface area contributed by atoms with Crippen molar-refractivity contribution in [1.29, 1.82) is 0 Å². The first-order chi connectivity index (χ1) is 11.6. The topological polar surface area (TPSA) is 101 Å². The molecule has 4 N–H and O–H groups in total. The zero-order chi connectivity index (χ0) is 18.8. The molecule has 0 spiro atoms. The number of carbonyl (C=O) groups excluding carboxylic acids is 1. The predicted octanol–water partition coefficient (Wildman–Crippen LogP) is 2.22. The Bertz CT molecular complexity index is 868. The van der Waals surface area contributed by atoms with Gasteiger partial charge in [0.05, 0.1) is 22.0 Å². The van der Waals surface area contributed by atoms with Gasteiger partial charge in [0, 0.05) is 6.42 Å². The summed E-state index contributed by atoms with van der Waals surface area (Å²) in [6.07, 6.45) is -5.84. The number of hydrogen-bond donors (Lipinski definition) is 3. The smallest absolute Gasteiger partial charge is 0.310 e. The molecule has 25 heavy (non-hydrogen) atoms. The number of H-pyrrole nitrogens is 1. The average Bonchev–Trinajstić information content (AvgIpc) is 2.52. The number of aromatic amines is 1. The summed E-state index contributed by atoms with van der Waals surface area (Å²) in [5, 5.41) is 0.380. The fraction of sp³-hybridized carbons (Fsp3) is 0.214. The van der Waals surface area contributed by atoms with Crippen LogP contribution in [0.15, 0.2) is 23.0 Å². The molecule has 0 aliphatic rings. The molecule has 1 aromatic heterocycles. The van der Waals surface area contributed by atoms with E-state index >= 15 is 0 Å². The maximum Gasteiger partial charge on any atom is 0.433 e. The quantitative estimate of drug-likeness (QED) is 0.420. The third-order valence-electron chi connectivity index (χ3n) is 3.19. The lowest BCUT2D eigenvalue weighted by Gasteiger charge is -2.13. The van der Waals surface area contributed by atoms with Gasteiger partial charge in [-0.15, -0.1) is 0 Å². The van der Waals surface area contributed by atoms with Crippen molar-refractivity contribution in [2.45, 2.75) is 19.0 Å². The van der Waals surface area contributed by atoms with Crippen LogP contribution < -0.4 is 16.8 Å². The molecule has 0 aliphatic heterocycles. The first-order valence-corrected chi connectivity index (χ1v) is 7.50. The Morgan fingerprint density at radius 1 is 1.28 bits per heavy atom. The van der Waals surface area contributed by atoms with Gasteiger partial charge in [-0.05, 0) is 17.7 Å². The second kappa shape index (κ2) is 7.42. The van der Waals surface area contributed by atoms with Crippen LogP contribution in [-0.2, 0) is 23.8 Å². The van der Waals surface area contributed by atoms with Crippen LogP contribution in [0.5, 0.6) is 0 Å². The summed E-state index contributed by atoms with van der Waals surface area (Å²) in [5.41, 5.74) is -0.879. The zero-order valence-electron chi connectivity index (χ0n) is 12.4. The molecule has 2 aromatic rings. The van der Waals surface area contributed by atoms with E-state index < -0.39 is 41.1 Å². The van der Waals surface area contributed by atoms with Crippen LogP contribution in [-0.4, -0.2) is 15.9 Å². The van der Waals surface area contributed by atoms with Gasteiger partial charge in [-0.25, -0.2) is 10.8 Å². The van der Waals surface area contributed by atoms with Gasteiger partial charge in [-0.2, -0.15) is 13.2 Å². The fourth-order valence-corrected chi connectivity index (χ4v) is 2.40. The number of aromatic nitrogens is 2. The molecule has 0 aliphatic carbocycles. The summed E-state index contributed by atoms with van der Waals surface area (Å²) < 4.78 is 39.9. The van der Waals surface area contributed by atoms with E-state index in [1.807, 2.05) is 0 Å². The third-order valence-corrected chi connectivity index (χ3v) is 3.93. The molecule has 0 radical (unpaired) electrons. The summed E-state index contributed by atoms with van der Waals surface area (Å²) in [6.45, 7) is 0. The van der Waals surface area contributed by atoms with Crippen molar-refractivity contribution in [3.05, 3.63) is 61.2 Å². The van der Waals surface area contributed by atoms with Crippen molar-refractivity contribution >= 4 is 29.1 Å². The maximum absolute atomic E-state index is 13.3. The molecular weight excluding hydrogens is 384 g/mol. The molecule has 0 saturated carbocycles. The molecule has 0 fully saturated rings. The summed E-state index contributed by atoms with van der Waals surface area (Å²) >= 11 is 11.6. The number of rotatable bonds is 4. The van der Waals surface area contributed by atoms with E-state index in [-0.39, 0.29) is 16.5 Å². The van der Waals surface area contributed by atoms with Gasteiger partial charge in [0.1, 0.15) is 5.82 Å². The van der Waals surface area contributed by atoms with Crippen LogP contribution in [0.2, 0.25) is 10.0 Å². The zero-order valence-corrected chi connectivity index (χ0v) is 13.9. The molecule has 11 heteroatoms. The number of nitrogens with two attached hydrogens (primary N) is 1. The van der Waals surface area contributed by atoms with Crippen molar-refractivity contribution in [2.24, 2.45) is 5.84 Å². The lowest BCUT2D eigenvalue weighted by Crippen LogP contribution is -2.33. The van der Waals surface area contributed by atoms with Crippen LogP contribution >= 0.6 is 23.2 Å². The Hall–Kier alpha value is -2.10. The van der Waals surface area contributed by atoms with E-state index in [2.05, 4.69) is 9.97 Å². The Labute approximate surface area is 149 Å². The first kappa shape index (κ1) is 19.2. The molecule has 1 aromatic carbocycles. The Kier molecular flexibility index (Phi) is 5.71. The maximum atomic E-state index is 13.3. The highest BCUT2D eigenvalue weighted by atomic mass is 35.5. The van der Waals surface area contributed by atoms with Gasteiger partial charge in [0.2, 0.25) is 5.91 Å². The van der Waals surface area contributed by atoms with Gasteiger partial charge in [-0.1, -0.05) is 29.3 Å². The summed E-state index contributed by atoms with van der Waals surface area (Å²) in [5.74, 6) is 3.63.